The summed E-state index contributed by atoms with van der Waals surface area (Å²) < 4.78 is 0. The molecule has 28 heavy (non-hydrogen) atoms. The molecule has 0 aliphatic heterocycles. The van der Waals surface area contributed by atoms with Crippen LogP contribution in [0, 0.1) is 0 Å². The zero-order chi connectivity index (χ0) is 20.3. The average Bonchev–Trinajstić information content (AvgIpc) is 3.03. The van der Waals surface area contributed by atoms with Crippen molar-refractivity contribution in [2.24, 2.45) is 4.99 Å². The minimum Gasteiger partial charge on any atom is -0.508 e. The quantitative estimate of drug-likeness (QED) is 0.331. The van der Waals surface area contributed by atoms with Gasteiger partial charge in [0.05, 0.1) is 21.5 Å². The highest BCUT2D eigenvalue weighted by Gasteiger charge is 2.15. The number of aliphatic imine (C=N–C) groups is 1. The molecule has 7 heteroatoms. The number of hydrogen-bond donors (Lipinski definition) is 2. The second kappa shape index (κ2) is 9.05. The van der Waals surface area contributed by atoms with Crippen molar-refractivity contribution < 1.29 is 10.2 Å². The van der Waals surface area contributed by atoms with E-state index in [-0.39, 0.29) is 11.5 Å². The van der Waals surface area contributed by atoms with Crippen LogP contribution in [0.4, 0.5) is 0 Å². The van der Waals surface area contributed by atoms with Crippen molar-refractivity contribution in [3.05, 3.63) is 69.0 Å². The van der Waals surface area contributed by atoms with Crippen LogP contribution in [-0.2, 0) is 6.42 Å². The van der Waals surface area contributed by atoms with Gasteiger partial charge in [-0.2, -0.15) is 0 Å². The fourth-order valence-corrected chi connectivity index (χ4v) is 4.22. The Labute approximate surface area is 182 Å². The second-order valence-electron chi connectivity index (χ2n) is 6.24. The van der Waals surface area contributed by atoms with E-state index in [0.717, 1.165) is 16.0 Å². The predicted octanol–water partition coefficient (Wildman–Crippen LogP) is 6.55. The molecule has 0 aliphatic carbocycles. The summed E-state index contributed by atoms with van der Waals surface area (Å²) in [5, 5.41) is 23.0. The topological polar surface area (TPSA) is 52.8 Å². The van der Waals surface area contributed by atoms with Crippen molar-refractivity contribution in [1.82, 2.24) is 0 Å². The lowest BCUT2D eigenvalue weighted by molar-refractivity contribution is 0.474. The van der Waals surface area contributed by atoms with Gasteiger partial charge in [-0.1, -0.05) is 53.6 Å². The first kappa shape index (κ1) is 20.8. The van der Waals surface area contributed by atoms with Crippen molar-refractivity contribution in [2.45, 2.75) is 13.3 Å². The average molecular weight is 450 g/mol. The molecule has 0 bridgehead atoms. The molecular formula is C21H17Cl2NO2S2. The Morgan fingerprint density at radius 3 is 2.61 bits per heavy atom. The molecule has 0 fully saturated rings. The van der Waals surface area contributed by atoms with Crippen LogP contribution in [0.1, 0.15) is 18.1 Å². The van der Waals surface area contributed by atoms with E-state index in [1.807, 2.05) is 24.4 Å². The highest BCUT2D eigenvalue weighted by Crippen LogP contribution is 2.40. The Kier molecular flexibility index (Phi) is 6.73. The van der Waals surface area contributed by atoms with Crippen molar-refractivity contribution in [1.29, 1.82) is 0 Å². The number of hydrogen-bond acceptors (Lipinski definition) is 5. The molecule has 0 atom stereocenters. The summed E-state index contributed by atoms with van der Waals surface area (Å²) in [7, 11) is 0. The first-order chi connectivity index (χ1) is 13.3. The van der Waals surface area contributed by atoms with Gasteiger partial charge in [0.25, 0.3) is 0 Å². The van der Waals surface area contributed by atoms with Crippen LogP contribution < -0.4 is 0 Å². The van der Waals surface area contributed by atoms with Gasteiger partial charge in [-0.25, -0.2) is 0 Å². The fraction of sp³-hybridized carbons (Fsp3) is 0.143. The SMILES string of the molecule is CC(=NCC(=S)Cc1cccc(O)c1)c1csc(-c2ccc(Cl)c(Cl)c2)c1O. The van der Waals surface area contributed by atoms with E-state index in [0.29, 0.717) is 39.2 Å². The highest BCUT2D eigenvalue weighted by molar-refractivity contribution is 7.80. The lowest BCUT2D eigenvalue weighted by atomic mass is 10.1. The van der Waals surface area contributed by atoms with Crippen LogP contribution in [0.5, 0.6) is 11.5 Å². The molecule has 3 nitrogen and oxygen atoms in total. The number of phenolic OH excluding ortho intramolecular Hbond substituents is 1. The lowest BCUT2D eigenvalue weighted by Crippen LogP contribution is -2.06. The van der Waals surface area contributed by atoms with Crippen molar-refractivity contribution in [3.8, 4) is 21.9 Å². The number of benzene rings is 2. The van der Waals surface area contributed by atoms with Gasteiger partial charge in [0.15, 0.2) is 0 Å². The largest absolute Gasteiger partial charge is 0.508 e. The van der Waals surface area contributed by atoms with Crippen LogP contribution >= 0.6 is 46.8 Å². The molecule has 2 aromatic carbocycles. The molecule has 0 unspecified atom stereocenters. The van der Waals surface area contributed by atoms with Crippen LogP contribution in [0.25, 0.3) is 10.4 Å². The number of nitrogens with zero attached hydrogens (tertiary/aromatic N) is 1. The van der Waals surface area contributed by atoms with Crippen molar-refractivity contribution >= 4 is 57.3 Å². The van der Waals surface area contributed by atoms with Gasteiger partial charge in [0, 0.05) is 27.9 Å². The van der Waals surface area contributed by atoms with E-state index in [9.17, 15) is 10.2 Å². The predicted molar refractivity (Wildman–Crippen MR) is 123 cm³/mol. The molecule has 1 aromatic heterocycles. The molecule has 0 spiro atoms. The lowest BCUT2D eigenvalue weighted by Gasteiger charge is -2.05. The number of phenols is 1. The van der Waals surface area contributed by atoms with Gasteiger partial charge in [-0.3, -0.25) is 4.99 Å². The summed E-state index contributed by atoms with van der Waals surface area (Å²) >= 11 is 18.9. The van der Waals surface area contributed by atoms with Gasteiger partial charge in [0.2, 0.25) is 0 Å². The molecular weight excluding hydrogens is 433 g/mol. The van der Waals surface area contributed by atoms with Crippen molar-refractivity contribution in [3.63, 3.8) is 0 Å². The van der Waals surface area contributed by atoms with Gasteiger partial charge in [-0.05, 0) is 42.3 Å². The third-order valence-corrected chi connectivity index (χ3v) is 6.17. The Bertz CT molecular complexity index is 1060. The highest BCUT2D eigenvalue weighted by atomic mass is 35.5. The van der Waals surface area contributed by atoms with Crippen LogP contribution in [-0.4, -0.2) is 27.3 Å². The molecule has 0 radical (unpaired) electrons. The summed E-state index contributed by atoms with van der Waals surface area (Å²) in [6.45, 7) is 2.21. The van der Waals surface area contributed by atoms with E-state index in [4.69, 9.17) is 35.4 Å². The number of thiophene rings is 1. The molecule has 0 saturated heterocycles. The normalized spacial score (nSPS) is 11.6. The van der Waals surface area contributed by atoms with Crippen LogP contribution in [0.3, 0.4) is 0 Å². The third kappa shape index (κ3) is 4.92. The van der Waals surface area contributed by atoms with Crippen molar-refractivity contribution in [2.75, 3.05) is 6.54 Å². The zero-order valence-electron chi connectivity index (χ0n) is 14.9. The summed E-state index contributed by atoms with van der Waals surface area (Å²) in [4.78, 5) is 5.99. The third-order valence-electron chi connectivity index (χ3n) is 4.14. The van der Waals surface area contributed by atoms with Crippen LogP contribution in [0.15, 0.2) is 52.8 Å². The Morgan fingerprint density at radius 2 is 1.89 bits per heavy atom. The maximum atomic E-state index is 10.6. The maximum absolute atomic E-state index is 10.6. The summed E-state index contributed by atoms with van der Waals surface area (Å²) in [6.07, 6.45) is 0.560. The number of rotatable bonds is 6. The van der Waals surface area contributed by atoms with Crippen LogP contribution in [0.2, 0.25) is 10.0 Å². The van der Waals surface area contributed by atoms with E-state index < -0.39 is 0 Å². The first-order valence-corrected chi connectivity index (χ1v) is 10.5. The zero-order valence-corrected chi connectivity index (χ0v) is 18.1. The van der Waals surface area contributed by atoms with E-state index in [2.05, 4.69) is 4.99 Å². The van der Waals surface area contributed by atoms with Gasteiger partial charge >= 0.3 is 0 Å². The molecule has 144 valence electrons. The smallest absolute Gasteiger partial charge is 0.143 e. The molecule has 0 amide bonds. The molecule has 3 aromatic rings. The standard InChI is InChI=1S/C21H17Cl2NO2S2/c1-12(24-10-16(27)8-13-3-2-4-15(25)7-13)17-11-28-21(20(17)26)14-5-6-18(22)19(23)9-14/h2-7,9,11,25-26H,8,10H2,1H3. The monoisotopic (exact) mass is 449 g/mol. The minimum atomic E-state index is 0.170. The minimum absolute atomic E-state index is 0.170. The Hall–Kier alpha value is -1.92. The Balaban J connectivity index is 1.73. The first-order valence-electron chi connectivity index (χ1n) is 8.42. The van der Waals surface area contributed by atoms with E-state index in [1.165, 1.54) is 11.3 Å². The number of halogens is 2. The van der Waals surface area contributed by atoms with Gasteiger partial charge < -0.3 is 10.2 Å². The molecule has 0 saturated carbocycles. The molecule has 3 rings (SSSR count). The maximum Gasteiger partial charge on any atom is 0.143 e. The molecule has 2 N–H and O–H groups in total. The summed E-state index contributed by atoms with van der Waals surface area (Å²) in [5.41, 5.74) is 3.12. The van der Waals surface area contributed by atoms with Gasteiger partial charge in [0.1, 0.15) is 11.5 Å². The number of thiocarbonyl (C=S) groups is 1. The summed E-state index contributed by atoms with van der Waals surface area (Å²) in [5.74, 6) is 0.390. The molecule has 0 aliphatic rings. The second-order valence-corrected chi connectivity index (χ2v) is 8.51. The van der Waals surface area contributed by atoms with Gasteiger partial charge in [-0.15, -0.1) is 11.3 Å². The fourth-order valence-electron chi connectivity index (χ4n) is 2.69. The Morgan fingerprint density at radius 1 is 1.11 bits per heavy atom. The number of aromatic hydroxyl groups is 2. The molecule has 1 heterocycles. The van der Waals surface area contributed by atoms with E-state index >= 15 is 0 Å². The van der Waals surface area contributed by atoms with E-state index in [1.54, 1.807) is 30.3 Å². The summed E-state index contributed by atoms with van der Waals surface area (Å²) in [6, 6.07) is 12.3.